The monoisotopic (exact) mass is 471 g/mol. The van der Waals surface area contributed by atoms with Crippen molar-refractivity contribution >= 4 is 22.7 Å². The van der Waals surface area contributed by atoms with E-state index in [0.29, 0.717) is 16.2 Å². The first kappa shape index (κ1) is 21.4. The minimum absolute atomic E-state index is 0.122. The molecule has 0 radical (unpaired) electrons. The van der Waals surface area contributed by atoms with E-state index in [2.05, 4.69) is 0 Å². The second-order valence-electron chi connectivity index (χ2n) is 8.25. The molecule has 5 rings (SSSR count). The molecule has 1 aliphatic heterocycles. The van der Waals surface area contributed by atoms with E-state index >= 15 is 0 Å². The average Bonchev–Trinajstić information content (AvgIpc) is 2.98. The lowest BCUT2D eigenvalue weighted by Crippen LogP contribution is -2.24. The van der Waals surface area contributed by atoms with E-state index in [4.69, 9.17) is 4.42 Å². The zero-order valence-electron chi connectivity index (χ0n) is 17.4. The van der Waals surface area contributed by atoms with Crippen LogP contribution in [0.2, 0.25) is 0 Å². The average molecular weight is 471 g/mol. The van der Waals surface area contributed by atoms with Crippen LogP contribution < -0.4 is 11.2 Å². The quantitative estimate of drug-likeness (QED) is 0.420. The highest BCUT2D eigenvalue weighted by molar-refractivity contribution is 7.99. The Morgan fingerprint density at radius 3 is 2.39 bits per heavy atom. The molecular formula is C24H16F3NO4S. The summed E-state index contributed by atoms with van der Waals surface area (Å²) in [5.74, 6) is -0.520. The van der Waals surface area contributed by atoms with Crippen molar-refractivity contribution in [2.45, 2.75) is 35.2 Å². The summed E-state index contributed by atoms with van der Waals surface area (Å²) in [4.78, 5) is 26.6. The molecule has 0 saturated heterocycles. The van der Waals surface area contributed by atoms with Crippen molar-refractivity contribution in [1.82, 2.24) is 4.57 Å². The Morgan fingerprint density at radius 2 is 1.73 bits per heavy atom. The highest BCUT2D eigenvalue weighted by atomic mass is 32.2. The molecule has 3 heterocycles. The Bertz CT molecular complexity index is 1550. The Hall–Kier alpha value is -3.46. The van der Waals surface area contributed by atoms with Gasteiger partial charge in [-0.05, 0) is 35.9 Å². The van der Waals surface area contributed by atoms with Gasteiger partial charge in [-0.1, -0.05) is 43.8 Å². The number of hydrogen-bond acceptors (Lipinski definition) is 5. The fourth-order valence-electron chi connectivity index (χ4n) is 4.18. The van der Waals surface area contributed by atoms with Gasteiger partial charge in [-0.2, -0.15) is 13.2 Å². The van der Waals surface area contributed by atoms with Crippen LogP contribution in [-0.4, -0.2) is 9.67 Å². The molecule has 2 aromatic carbocycles. The van der Waals surface area contributed by atoms with Crippen molar-refractivity contribution in [3.05, 3.63) is 92.2 Å². The molecule has 33 heavy (non-hydrogen) atoms. The third-order valence-corrected chi connectivity index (χ3v) is 6.93. The van der Waals surface area contributed by atoms with E-state index < -0.39 is 34.1 Å². The predicted octanol–water partition coefficient (Wildman–Crippen LogP) is 5.46. The topological polar surface area (TPSA) is 72.4 Å². The van der Waals surface area contributed by atoms with Crippen molar-refractivity contribution in [3.63, 3.8) is 0 Å². The van der Waals surface area contributed by atoms with Crippen molar-refractivity contribution in [1.29, 1.82) is 0 Å². The second-order valence-corrected chi connectivity index (χ2v) is 9.33. The van der Waals surface area contributed by atoms with Crippen LogP contribution >= 0.6 is 11.8 Å². The van der Waals surface area contributed by atoms with Crippen LogP contribution in [0.5, 0.6) is 5.75 Å². The molecule has 0 unspecified atom stereocenters. The molecule has 4 aromatic rings. The Morgan fingerprint density at radius 1 is 1.03 bits per heavy atom. The zero-order valence-corrected chi connectivity index (χ0v) is 18.2. The van der Waals surface area contributed by atoms with Crippen molar-refractivity contribution in [3.8, 4) is 11.4 Å². The van der Waals surface area contributed by atoms with Gasteiger partial charge in [-0.3, -0.25) is 9.36 Å². The number of pyridine rings is 1. The molecule has 1 N–H and O–H groups in total. The number of aromatic hydroxyl groups is 1. The van der Waals surface area contributed by atoms with E-state index in [-0.39, 0.29) is 21.6 Å². The van der Waals surface area contributed by atoms with Crippen LogP contribution in [0, 0.1) is 0 Å². The van der Waals surface area contributed by atoms with Gasteiger partial charge in [0.25, 0.3) is 5.56 Å². The Labute approximate surface area is 189 Å². The third-order valence-electron chi connectivity index (χ3n) is 5.85. The number of nitrogens with zero attached hydrogens (tertiary/aromatic N) is 1. The smallest absolute Gasteiger partial charge is 0.416 e. The summed E-state index contributed by atoms with van der Waals surface area (Å²) in [6, 6.07) is 13.4. The van der Waals surface area contributed by atoms with Crippen molar-refractivity contribution in [2.75, 3.05) is 0 Å². The second kappa shape index (κ2) is 7.02. The first-order chi connectivity index (χ1) is 15.5. The molecule has 5 nitrogen and oxygen atoms in total. The van der Waals surface area contributed by atoms with E-state index in [9.17, 15) is 27.9 Å². The van der Waals surface area contributed by atoms with Gasteiger partial charge in [-0.25, -0.2) is 4.79 Å². The number of hydrogen-bond donors (Lipinski definition) is 1. The summed E-state index contributed by atoms with van der Waals surface area (Å²) in [7, 11) is 0. The van der Waals surface area contributed by atoms with Gasteiger partial charge in [0.1, 0.15) is 15.9 Å². The molecule has 0 aliphatic carbocycles. The number of rotatable bonds is 2. The molecule has 9 heteroatoms. The van der Waals surface area contributed by atoms with Crippen LogP contribution in [-0.2, 0) is 11.6 Å². The fourth-order valence-corrected chi connectivity index (χ4v) is 5.04. The number of aromatic nitrogens is 1. The van der Waals surface area contributed by atoms with Gasteiger partial charge in [0.2, 0.25) is 0 Å². The first-order valence-corrected chi connectivity index (χ1v) is 10.7. The van der Waals surface area contributed by atoms with Crippen LogP contribution in [0.1, 0.15) is 30.7 Å². The van der Waals surface area contributed by atoms with Crippen LogP contribution in [0.25, 0.3) is 16.7 Å². The maximum Gasteiger partial charge on any atom is 0.416 e. The van der Waals surface area contributed by atoms with Crippen molar-refractivity contribution in [2.24, 2.45) is 0 Å². The minimum Gasteiger partial charge on any atom is -0.505 e. The summed E-state index contributed by atoms with van der Waals surface area (Å²) >= 11 is 0.958. The molecule has 2 aromatic heterocycles. The summed E-state index contributed by atoms with van der Waals surface area (Å²) in [6.07, 6.45) is -4.54. The first-order valence-electron chi connectivity index (χ1n) is 9.91. The van der Waals surface area contributed by atoms with E-state index in [0.717, 1.165) is 23.9 Å². The van der Waals surface area contributed by atoms with Gasteiger partial charge in [0.15, 0.2) is 5.75 Å². The van der Waals surface area contributed by atoms with E-state index in [1.165, 1.54) is 16.7 Å². The maximum absolute atomic E-state index is 13.5. The molecule has 0 bridgehead atoms. The van der Waals surface area contributed by atoms with Gasteiger partial charge < -0.3 is 9.52 Å². The van der Waals surface area contributed by atoms with Crippen LogP contribution in [0.15, 0.2) is 78.4 Å². The maximum atomic E-state index is 13.5. The normalized spacial score (nSPS) is 14.3. The molecule has 0 spiro atoms. The number of benzene rings is 2. The van der Waals surface area contributed by atoms with E-state index in [1.54, 1.807) is 44.2 Å². The summed E-state index contributed by atoms with van der Waals surface area (Å²) in [5, 5.41) is 10.7. The zero-order chi connectivity index (χ0) is 23.7. The van der Waals surface area contributed by atoms with Crippen LogP contribution in [0.3, 0.4) is 0 Å². The lowest BCUT2D eigenvalue weighted by Gasteiger charge is -2.21. The summed E-state index contributed by atoms with van der Waals surface area (Å²) in [6.45, 7) is 3.38. The van der Waals surface area contributed by atoms with Crippen molar-refractivity contribution < 1.29 is 22.7 Å². The highest BCUT2D eigenvalue weighted by Gasteiger charge is 2.41. The predicted molar refractivity (Wildman–Crippen MR) is 117 cm³/mol. The summed E-state index contributed by atoms with van der Waals surface area (Å²) in [5.41, 5.74) is -2.45. The highest BCUT2D eigenvalue weighted by Crippen LogP contribution is 2.45. The molecule has 0 amide bonds. The minimum atomic E-state index is -4.54. The Balaban J connectivity index is 1.78. The number of alkyl halides is 3. The Kier molecular flexibility index (Phi) is 4.55. The third kappa shape index (κ3) is 3.18. The molecule has 1 aliphatic rings. The summed E-state index contributed by atoms with van der Waals surface area (Å²) < 4.78 is 46.6. The largest absolute Gasteiger partial charge is 0.505 e. The van der Waals surface area contributed by atoms with Gasteiger partial charge in [-0.15, -0.1) is 0 Å². The van der Waals surface area contributed by atoms with Gasteiger partial charge >= 0.3 is 11.8 Å². The molecule has 168 valence electrons. The number of halogens is 3. The lowest BCUT2D eigenvalue weighted by molar-refractivity contribution is -0.137. The SMILES string of the molecule is CC1(C)c2cc(C(F)(F)F)ccc2-n2c1cc1oc(=O)c(Sc3ccccc3)c(O)c1c2=O. The standard InChI is InChI=1S/C24H16F3NO4S/c1-23(2)14-10-12(24(25,26)27)8-9-15(14)28-17(23)11-16-18(21(28)30)19(29)20(22(31)32-16)33-13-6-4-3-5-7-13/h3-11,29H,1-2H3. The van der Waals surface area contributed by atoms with E-state index in [1.807, 2.05) is 0 Å². The fraction of sp³-hybridized carbons (Fsp3) is 0.167. The number of fused-ring (bicyclic) bond motifs is 4. The van der Waals surface area contributed by atoms with Gasteiger partial charge in [0, 0.05) is 22.1 Å². The molecule has 0 saturated carbocycles. The van der Waals surface area contributed by atoms with Crippen LogP contribution in [0.4, 0.5) is 13.2 Å². The molecule has 0 atom stereocenters. The molecular weight excluding hydrogens is 455 g/mol. The lowest BCUT2D eigenvalue weighted by atomic mass is 9.82. The molecule has 0 fully saturated rings. The van der Waals surface area contributed by atoms with Gasteiger partial charge in [0.05, 0.1) is 11.3 Å².